The van der Waals surface area contributed by atoms with Gasteiger partial charge in [0.15, 0.2) is 5.78 Å². The highest BCUT2D eigenvalue weighted by atomic mass is 16.2. The molecule has 0 aromatic heterocycles. The van der Waals surface area contributed by atoms with Crippen molar-refractivity contribution in [1.29, 1.82) is 0 Å². The first kappa shape index (κ1) is 24.0. The number of benzene rings is 2. The van der Waals surface area contributed by atoms with Crippen LogP contribution in [0.25, 0.3) is 0 Å². The third kappa shape index (κ3) is 5.39. The van der Waals surface area contributed by atoms with Crippen LogP contribution >= 0.6 is 0 Å². The maximum absolute atomic E-state index is 14.0. The van der Waals surface area contributed by atoms with Crippen LogP contribution in [0, 0.1) is 5.92 Å². The molecule has 5 nitrogen and oxygen atoms in total. The number of amides is 2. The number of nitrogens with two attached hydrogens (primary N) is 1. The highest BCUT2D eigenvalue weighted by Crippen LogP contribution is 2.32. The van der Waals surface area contributed by atoms with E-state index in [0.717, 1.165) is 31.2 Å². The smallest absolute Gasteiger partial charge is 0.320 e. The van der Waals surface area contributed by atoms with Gasteiger partial charge in [-0.2, -0.15) is 0 Å². The van der Waals surface area contributed by atoms with E-state index >= 15 is 0 Å². The molecular weight excluding hydrogens is 398 g/mol. The second kappa shape index (κ2) is 10.8. The van der Waals surface area contributed by atoms with Crippen molar-refractivity contribution in [2.75, 3.05) is 20.1 Å². The van der Waals surface area contributed by atoms with Crippen molar-refractivity contribution in [2.45, 2.75) is 57.5 Å². The van der Waals surface area contributed by atoms with Gasteiger partial charge < -0.3 is 15.5 Å². The van der Waals surface area contributed by atoms with Gasteiger partial charge >= 0.3 is 6.03 Å². The Bertz CT molecular complexity index is 884. The fourth-order valence-corrected chi connectivity index (χ4v) is 4.69. The molecule has 2 atom stereocenters. The third-order valence-electron chi connectivity index (χ3n) is 6.59. The fraction of sp³-hybridized carbons (Fsp3) is 0.481. The molecule has 0 spiro atoms. The zero-order chi connectivity index (χ0) is 23.1. The maximum atomic E-state index is 14.0. The first-order valence-electron chi connectivity index (χ1n) is 11.8. The molecule has 2 amide bonds. The van der Waals surface area contributed by atoms with E-state index < -0.39 is 11.6 Å². The summed E-state index contributed by atoms with van der Waals surface area (Å²) < 4.78 is 0. The molecule has 3 rings (SSSR count). The lowest BCUT2D eigenvalue weighted by Crippen LogP contribution is -2.57. The van der Waals surface area contributed by atoms with Crippen LogP contribution in [0.4, 0.5) is 4.79 Å². The highest BCUT2D eigenvalue weighted by Gasteiger charge is 2.46. The number of Topliss-reactive ketones (excluding diaryl/α,β-unsaturated/α-hetero) is 1. The average molecular weight is 436 g/mol. The minimum atomic E-state index is -1.11. The third-order valence-corrected chi connectivity index (χ3v) is 6.59. The summed E-state index contributed by atoms with van der Waals surface area (Å²) in [7, 11) is 1.78. The monoisotopic (exact) mass is 435 g/mol. The van der Waals surface area contributed by atoms with E-state index in [0.29, 0.717) is 19.5 Å². The molecule has 0 saturated carbocycles. The van der Waals surface area contributed by atoms with Crippen LogP contribution in [-0.2, 0) is 16.8 Å². The Labute approximate surface area is 192 Å². The summed E-state index contributed by atoms with van der Waals surface area (Å²) in [6.07, 6.45) is 4.53. The summed E-state index contributed by atoms with van der Waals surface area (Å²) in [6, 6.07) is 19.5. The van der Waals surface area contributed by atoms with Crippen molar-refractivity contribution < 1.29 is 9.59 Å². The van der Waals surface area contributed by atoms with Crippen LogP contribution in [0.15, 0.2) is 60.7 Å². The summed E-state index contributed by atoms with van der Waals surface area (Å²) in [5.41, 5.74) is 8.00. The molecule has 2 N–H and O–H groups in total. The molecule has 0 radical (unpaired) electrons. The predicted octanol–water partition coefficient (Wildman–Crippen LogP) is 4.60. The van der Waals surface area contributed by atoms with E-state index in [9.17, 15) is 9.59 Å². The lowest BCUT2D eigenvalue weighted by atomic mass is 9.76. The van der Waals surface area contributed by atoms with E-state index in [4.69, 9.17) is 5.73 Å². The van der Waals surface area contributed by atoms with Crippen LogP contribution in [0.5, 0.6) is 0 Å². The van der Waals surface area contributed by atoms with Crippen molar-refractivity contribution in [3.8, 4) is 0 Å². The van der Waals surface area contributed by atoms with Crippen molar-refractivity contribution >= 4 is 11.8 Å². The zero-order valence-electron chi connectivity index (χ0n) is 19.7. The molecular formula is C27H37N3O2. The zero-order valence-corrected chi connectivity index (χ0v) is 19.7. The molecule has 172 valence electrons. The molecule has 1 unspecified atom stereocenters. The van der Waals surface area contributed by atoms with E-state index in [1.165, 1.54) is 5.56 Å². The fourth-order valence-electron chi connectivity index (χ4n) is 4.69. The van der Waals surface area contributed by atoms with Crippen LogP contribution in [0.3, 0.4) is 0 Å². The average Bonchev–Trinajstić information content (AvgIpc) is 3.12. The number of carbonyl (C=O) groups is 2. The summed E-state index contributed by atoms with van der Waals surface area (Å²) in [6.45, 7) is 5.20. The van der Waals surface area contributed by atoms with Crippen molar-refractivity contribution in [2.24, 2.45) is 11.7 Å². The number of urea groups is 1. The van der Waals surface area contributed by atoms with Crippen molar-refractivity contribution in [3.05, 3.63) is 71.8 Å². The van der Waals surface area contributed by atoms with Gasteiger partial charge in [-0.1, -0.05) is 87.4 Å². The molecule has 5 heteroatoms. The number of nitrogens with zero attached hydrogens (tertiary/aromatic N) is 2. The SMILES string of the molecule is CC(C)[C@@H](C(=O)C(N)(CCCCCc1ccccc1)c1ccccc1)N1CCN(C)C1=O. The second-order valence-corrected chi connectivity index (χ2v) is 9.33. The van der Waals surface area contributed by atoms with Crippen LogP contribution in [-0.4, -0.2) is 47.8 Å². The Morgan fingerprint density at radius 3 is 2.16 bits per heavy atom. The first-order valence-corrected chi connectivity index (χ1v) is 11.8. The molecule has 0 aliphatic carbocycles. The minimum Gasteiger partial charge on any atom is -0.326 e. The number of unbranched alkanes of at least 4 members (excludes halogenated alkanes) is 2. The highest BCUT2D eigenvalue weighted by molar-refractivity contribution is 5.96. The van der Waals surface area contributed by atoms with Gasteiger partial charge in [-0.25, -0.2) is 4.79 Å². The molecule has 1 fully saturated rings. The Balaban J connectivity index is 1.75. The number of carbonyl (C=O) groups excluding carboxylic acids is 2. The van der Waals surface area contributed by atoms with Crippen LogP contribution in [0.1, 0.15) is 50.7 Å². The topological polar surface area (TPSA) is 66.6 Å². The lowest BCUT2D eigenvalue weighted by Gasteiger charge is -2.37. The van der Waals surface area contributed by atoms with Gasteiger partial charge in [0.2, 0.25) is 0 Å². The first-order chi connectivity index (χ1) is 15.3. The number of ketones is 1. The Morgan fingerprint density at radius 2 is 1.59 bits per heavy atom. The Kier molecular flexibility index (Phi) is 8.08. The maximum Gasteiger partial charge on any atom is 0.320 e. The quantitative estimate of drug-likeness (QED) is 0.524. The lowest BCUT2D eigenvalue weighted by molar-refractivity contribution is -0.130. The van der Waals surface area contributed by atoms with Crippen molar-refractivity contribution in [1.82, 2.24) is 9.80 Å². The second-order valence-electron chi connectivity index (χ2n) is 9.33. The van der Waals surface area contributed by atoms with E-state index in [1.54, 1.807) is 16.8 Å². The predicted molar refractivity (Wildman–Crippen MR) is 129 cm³/mol. The van der Waals surface area contributed by atoms with Gasteiger partial charge in [0.05, 0.1) is 6.04 Å². The van der Waals surface area contributed by atoms with Gasteiger partial charge in [0.1, 0.15) is 5.54 Å². The van der Waals surface area contributed by atoms with E-state index in [1.807, 2.05) is 50.2 Å². The number of aryl methyl sites for hydroxylation is 1. The number of rotatable bonds is 11. The minimum absolute atomic E-state index is 0.0114. The summed E-state index contributed by atoms with van der Waals surface area (Å²) in [5.74, 6) is -0.0620. The number of hydrogen-bond acceptors (Lipinski definition) is 3. The molecule has 2 aromatic rings. The van der Waals surface area contributed by atoms with Gasteiger partial charge in [-0.3, -0.25) is 4.79 Å². The van der Waals surface area contributed by atoms with Crippen LogP contribution in [0.2, 0.25) is 0 Å². The summed E-state index contributed by atoms with van der Waals surface area (Å²) >= 11 is 0. The molecule has 1 saturated heterocycles. The number of likely N-dealkylation sites (N-methyl/N-ethyl adjacent to an activating group) is 1. The van der Waals surface area contributed by atoms with E-state index in [2.05, 4.69) is 24.3 Å². The van der Waals surface area contributed by atoms with E-state index in [-0.39, 0.29) is 17.7 Å². The summed E-state index contributed by atoms with van der Waals surface area (Å²) in [4.78, 5) is 30.1. The normalized spacial score (nSPS) is 17.0. The molecule has 32 heavy (non-hydrogen) atoms. The standard InChI is InChI=1S/C27H37N3O2/c1-21(2)24(30-20-19-29(3)26(30)32)25(31)27(28,23-16-10-5-11-17-23)18-12-6-9-15-22-13-7-4-8-14-22/h4-5,7-8,10-11,13-14,16-17,21,24H,6,9,12,15,18-20,28H2,1-3H3/t24-,27?/m0/s1. The van der Waals surface area contributed by atoms with Crippen LogP contribution < -0.4 is 5.73 Å². The largest absolute Gasteiger partial charge is 0.326 e. The Morgan fingerprint density at radius 1 is 0.969 bits per heavy atom. The Hall–Kier alpha value is -2.66. The molecule has 0 bridgehead atoms. The molecule has 1 heterocycles. The molecule has 1 aliphatic rings. The van der Waals surface area contributed by atoms with Gasteiger partial charge in [0.25, 0.3) is 0 Å². The molecule has 2 aromatic carbocycles. The van der Waals surface area contributed by atoms with Gasteiger partial charge in [-0.05, 0) is 36.3 Å². The van der Waals surface area contributed by atoms with Gasteiger partial charge in [0, 0.05) is 20.1 Å². The van der Waals surface area contributed by atoms with Gasteiger partial charge in [-0.15, -0.1) is 0 Å². The van der Waals surface area contributed by atoms with Crippen molar-refractivity contribution in [3.63, 3.8) is 0 Å². The molecule has 1 aliphatic heterocycles. The number of hydrogen-bond donors (Lipinski definition) is 1. The summed E-state index contributed by atoms with van der Waals surface area (Å²) in [5, 5.41) is 0.